The van der Waals surface area contributed by atoms with E-state index in [0.717, 1.165) is 13.1 Å². The Hall–Kier alpha value is -3.07. The summed E-state index contributed by atoms with van der Waals surface area (Å²) in [6.07, 6.45) is 0. The van der Waals surface area contributed by atoms with E-state index in [9.17, 15) is 9.59 Å². The molecule has 1 atom stereocenters. The lowest BCUT2D eigenvalue weighted by molar-refractivity contribution is -0.128. The summed E-state index contributed by atoms with van der Waals surface area (Å²) in [4.78, 5) is 31.3. The van der Waals surface area contributed by atoms with Gasteiger partial charge in [0.05, 0.1) is 19.8 Å². The van der Waals surface area contributed by atoms with Crippen molar-refractivity contribution in [3.63, 3.8) is 0 Å². The molecule has 1 fully saturated rings. The van der Waals surface area contributed by atoms with Crippen molar-refractivity contribution in [3.05, 3.63) is 82.2 Å². The molecule has 8 nitrogen and oxygen atoms in total. The van der Waals surface area contributed by atoms with Gasteiger partial charge in [-0.05, 0) is 63.6 Å². The summed E-state index contributed by atoms with van der Waals surface area (Å²) in [5, 5.41) is 3.50. The minimum absolute atomic E-state index is 0.0833. The average molecular weight is 528 g/mol. The summed E-state index contributed by atoms with van der Waals surface area (Å²) in [6.45, 7) is 11.1. The van der Waals surface area contributed by atoms with Crippen LogP contribution in [0.2, 0.25) is 5.02 Å². The van der Waals surface area contributed by atoms with Crippen LogP contribution in [-0.2, 0) is 22.6 Å². The highest BCUT2D eigenvalue weighted by Crippen LogP contribution is 2.30. The van der Waals surface area contributed by atoms with Crippen molar-refractivity contribution in [1.82, 2.24) is 15.1 Å². The van der Waals surface area contributed by atoms with E-state index in [1.54, 1.807) is 37.3 Å². The molecular formula is C28H34ClN3O5. The predicted molar refractivity (Wildman–Crippen MR) is 140 cm³/mol. The van der Waals surface area contributed by atoms with Gasteiger partial charge in [-0.15, -0.1) is 0 Å². The normalized spacial score (nSPS) is 15.4. The number of carbonyl (C=O) groups excluding carboxylic acids is 2. The molecule has 0 saturated carbocycles. The number of amides is 2. The Morgan fingerprint density at radius 2 is 1.78 bits per heavy atom. The third-order valence-corrected chi connectivity index (χ3v) is 6.37. The maximum atomic E-state index is 14.0. The number of nitrogens with zero attached hydrogens (tertiary/aromatic N) is 2. The molecule has 0 radical (unpaired) electrons. The molecule has 0 bridgehead atoms. The van der Waals surface area contributed by atoms with Crippen LogP contribution in [0.25, 0.3) is 0 Å². The average Bonchev–Trinajstić information content (AvgIpc) is 3.48. The van der Waals surface area contributed by atoms with E-state index >= 15 is 0 Å². The Bertz CT molecular complexity index is 1220. The Kier molecular flexibility index (Phi) is 8.42. The van der Waals surface area contributed by atoms with Crippen molar-refractivity contribution >= 4 is 23.4 Å². The van der Waals surface area contributed by atoms with Gasteiger partial charge in [-0.3, -0.25) is 14.5 Å². The van der Waals surface area contributed by atoms with Crippen LogP contribution in [0.1, 0.15) is 60.2 Å². The number of ether oxygens (including phenoxy) is 1. The van der Waals surface area contributed by atoms with E-state index in [0.29, 0.717) is 47.6 Å². The quantitative estimate of drug-likeness (QED) is 0.445. The third-order valence-electron chi connectivity index (χ3n) is 6.00. The Morgan fingerprint density at radius 3 is 2.43 bits per heavy atom. The second-order valence-corrected chi connectivity index (χ2v) is 10.7. The molecule has 198 valence electrons. The molecule has 0 aliphatic carbocycles. The highest BCUT2D eigenvalue weighted by molar-refractivity contribution is 6.31. The van der Waals surface area contributed by atoms with Gasteiger partial charge in [0.2, 0.25) is 0 Å². The summed E-state index contributed by atoms with van der Waals surface area (Å²) in [6, 6.07) is 13.2. The zero-order chi connectivity index (χ0) is 26.6. The highest BCUT2D eigenvalue weighted by atomic mass is 35.5. The number of furan rings is 2. The van der Waals surface area contributed by atoms with Gasteiger partial charge in [-0.2, -0.15) is 0 Å². The molecular weight excluding hydrogens is 494 g/mol. The summed E-state index contributed by atoms with van der Waals surface area (Å²) < 4.78 is 17.3. The lowest BCUT2D eigenvalue weighted by atomic mass is 10.1. The van der Waals surface area contributed by atoms with Crippen molar-refractivity contribution in [3.8, 4) is 0 Å². The fourth-order valence-corrected chi connectivity index (χ4v) is 4.45. The molecule has 1 aromatic carbocycles. The summed E-state index contributed by atoms with van der Waals surface area (Å²) in [5.41, 5.74) is 0.181. The second-order valence-electron chi connectivity index (χ2n) is 10.3. The summed E-state index contributed by atoms with van der Waals surface area (Å²) in [5.74, 6) is 1.03. The maximum Gasteiger partial charge on any atom is 0.290 e. The highest BCUT2D eigenvalue weighted by Gasteiger charge is 2.37. The number of benzene rings is 1. The van der Waals surface area contributed by atoms with Crippen molar-refractivity contribution in [1.29, 1.82) is 0 Å². The van der Waals surface area contributed by atoms with E-state index in [1.807, 2.05) is 39.0 Å². The molecule has 1 aliphatic rings. The van der Waals surface area contributed by atoms with Crippen LogP contribution >= 0.6 is 11.6 Å². The van der Waals surface area contributed by atoms with Crippen LogP contribution in [0.3, 0.4) is 0 Å². The number of carbonyl (C=O) groups is 2. The number of hydrogen-bond donors (Lipinski definition) is 1. The molecule has 2 amide bonds. The lowest BCUT2D eigenvalue weighted by Crippen LogP contribution is -2.49. The first kappa shape index (κ1) is 27.0. The topological polar surface area (TPSA) is 88.2 Å². The molecule has 2 aromatic heterocycles. The van der Waals surface area contributed by atoms with Crippen LogP contribution in [0, 0.1) is 6.92 Å². The molecule has 37 heavy (non-hydrogen) atoms. The molecule has 9 heteroatoms. The minimum Gasteiger partial charge on any atom is -0.464 e. The van der Waals surface area contributed by atoms with Crippen LogP contribution in [0.5, 0.6) is 0 Å². The molecule has 4 rings (SSSR count). The van der Waals surface area contributed by atoms with E-state index in [2.05, 4.69) is 10.2 Å². The second kappa shape index (κ2) is 11.5. The zero-order valence-electron chi connectivity index (χ0n) is 21.8. The Morgan fingerprint density at radius 1 is 1.05 bits per heavy atom. The van der Waals surface area contributed by atoms with E-state index in [4.69, 9.17) is 25.2 Å². The third kappa shape index (κ3) is 7.03. The molecule has 3 aromatic rings. The Labute approximate surface area is 222 Å². The number of rotatable bonds is 8. The number of nitrogens with one attached hydrogen (secondary N) is 1. The van der Waals surface area contributed by atoms with Crippen molar-refractivity contribution < 1.29 is 23.2 Å². The van der Waals surface area contributed by atoms with E-state index < -0.39 is 17.5 Å². The largest absolute Gasteiger partial charge is 0.464 e. The molecule has 0 spiro atoms. The van der Waals surface area contributed by atoms with Crippen LogP contribution < -0.4 is 5.32 Å². The molecule has 3 heterocycles. The van der Waals surface area contributed by atoms with Gasteiger partial charge in [0, 0.05) is 30.2 Å². The zero-order valence-corrected chi connectivity index (χ0v) is 22.5. The van der Waals surface area contributed by atoms with Gasteiger partial charge in [0.1, 0.15) is 17.3 Å². The van der Waals surface area contributed by atoms with Gasteiger partial charge in [-0.1, -0.05) is 29.8 Å². The first-order valence-corrected chi connectivity index (χ1v) is 12.8. The standard InChI is InChI=1S/C28H34ClN3O5/c1-19-9-11-23(36-19)25(26(33)30-28(2,3)4)32(17-20-7-5-6-8-22(20)29)27(34)24-12-10-21(37-24)18-31-13-15-35-16-14-31/h5-12,25H,13-18H2,1-4H3,(H,30,33)/t25-/m0/s1. The fraction of sp³-hybridized carbons (Fsp3) is 0.429. The maximum absolute atomic E-state index is 14.0. The molecule has 1 saturated heterocycles. The number of aryl methyl sites for hydroxylation is 1. The number of hydrogen-bond acceptors (Lipinski definition) is 6. The van der Waals surface area contributed by atoms with Gasteiger partial charge >= 0.3 is 0 Å². The van der Waals surface area contributed by atoms with Gasteiger partial charge in [-0.25, -0.2) is 0 Å². The predicted octanol–water partition coefficient (Wildman–Crippen LogP) is 4.97. The molecule has 1 N–H and O–H groups in total. The SMILES string of the molecule is Cc1ccc([C@@H](C(=O)NC(C)(C)C)N(Cc2ccccc2Cl)C(=O)c2ccc(CN3CCOCC3)o2)o1. The monoisotopic (exact) mass is 527 g/mol. The molecule has 0 unspecified atom stereocenters. The summed E-state index contributed by atoms with van der Waals surface area (Å²) in [7, 11) is 0. The molecule has 1 aliphatic heterocycles. The smallest absolute Gasteiger partial charge is 0.290 e. The first-order chi connectivity index (χ1) is 17.6. The van der Waals surface area contributed by atoms with Crippen LogP contribution in [-0.4, -0.2) is 53.5 Å². The van der Waals surface area contributed by atoms with Gasteiger partial charge in [0.25, 0.3) is 11.8 Å². The van der Waals surface area contributed by atoms with Crippen molar-refractivity contribution in [2.45, 2.75) is 52.4 Å². The van der Waals surface area contributed by atoms with Gasteiger partial charge in [0.15, 0.2) is 11.8 Å². The van der Waals surface area contributed by atoms with Crippen LogP contribution in [0.15, 0.2) is 57.4 Å². The Balaban J connectivity index is 1.70. The van der Waals surface area contributed by atoms with E-state index in [-0.39, 0.29) is 18.2 Å². The van der Waals surface area contributed by atoms with E-state index in [1.165, 1.54) is 4.90 Å². The number of halogens is 1. The van der Waals surface area contributed by atoms with Crippen molar-refractivity contribution in [2.75, 3.05) is 26.3 Å². The fourth-order valence-electron chi connectivity index (χ4n) is 4.25. The lowest BCUT2D eigenvalue weighted by Gasteiger charge is -2.32. The van der Waals surface area contributed by atoms with Gasteiger partial charge < -0.3 is 23.8 Å². The van der Waals surface area contributed by atoms with Crippen molar-refractivity contribution in [2.24, 2.45) is 0 Å². The van der Waals surface area contributed by atoms with Crippen LogP contribution in [0.4, 0.5) is 0 Å². The first-order valence-electron chi connectivity index (χ1n) is 12.4. The minimum atomic E-state index is -1.04. The summed E-state index contributed by atoms with van der Waals surface area (Å²) >= 11 is 6.47. The number of morpholine rings is 1.